The summed E-state index contributed by atoms with van der Waals surface area (Å²) >= 11 is 0. The van der Waals surface area contributed by atoms with Crippen LogP contribution in [0.4, 0.5) is 0 Å². The van der Waals surface area contributed by atoms with Gasteiger partial charge in [-0.05, 0) is 30.7 Å². The van der Waals surface area contributed by atoms with Gasteiger partial charge >= 0.3 is 0 Å². The molecule has 1 amide bonds. The molecule has 4 rings (SSSR count). The third-order valence-electron chi connectivity index (χ3n) is 4.53. The van der Waals surface area contributed by atoms with Crippen molar-refractivity contribution in [1.29, 1.82) is 0 Å². The van der Waals surface area contributed by atoms with Crippen LogP contribution in [0.15, 0.2) is 42.5 Å². The van der Waals surface area contributed by atoms with Gasteiger partial charge in [-0.25, -0.2) is 0 Å². The number of ether oxygens (including phenoxy) is 2. The SMILES string of the molecule is COc1cccc(OC)c1-n1c(C)nnc1[C@@H]1NC(=O)c2ccccc21. The number of aryl methyl sites for hydroxylation is 1. The summed E-state index contributed by atoms with van der Waals surface area (Å²) in [7, 11) is 3.20. The molecule has 2 heterocycles. The summed E-state index contributed by atoms with van der Waals surface area (Å²) in [5, 5.41) is 11.6. The lowest BCUT2D eigenvalue weighted by Crippen LogP contribution is -2.23. The summed E-state index contributed by atoms with van der Waals surface area (Å²) in [6, 6.07) is 12.6. The number of aromatic nitrogens is 3. The number of benzene rings is 2. The average Bonchev–Trinajstić information content (AvgIpc) is 3.21. The predicted molar refractivity (Wildman–Crippen MR) is 95.0 cm³/mol. The van der Waals surface area contributed by atoms with Crippen LogP contribution in [0.1, 0.15) is 33.6 Å². The minimum atomic E-state index is -0.394. The van der Waals surface area contributed by atoms with Crippen molar-refractivity contribution in [2.75, 3.05) is 14.2 Å². The Morgan fingerprint density at radius 1 is 1.00 bits per heavy atom. The van der Waals surface area contributed by atoms with E-state index in [1.165, 1.54) is 0 Å². The van der Waals surface area contributed by atoms with Crippen molar-refractivity contribution in [3.8, 4) is 17.2 Å². The highest BCUT2D eigenvalue weighted by molar-refractivity contribution is 5.99. The minimum absolute atomic E-state index is 0.121. The number of hydrogen-bond acceptors (Lipinski definition) is 5. The van der Waals surface area contributed by atoms with E-state index in [4.69, 9.17) is 9.47 Å². The van der Waals surface area contributed by atoms with E-state index in [0.29, 0.717) is 34.4 Å². The Morgan fingerprint density at radius 2 is 1.69 bits per heavy atom. The smallest absolute Gasteiger partial charge is 0.252 e. The topological polar surface area (TPSA) is 78.3 Å². The second kappa shape index (κ2) is 6.18. The number of fused-ring (bicyclic) bond motifs is 1. The first kappa shape index (κ1) is 16.1. The third kappa shape index (κ3) is 2.32. The number of rotatable bonds is 4. The van der Waals surface area contributed by atoms with E-state index in [1.54, 1.807) is 14.2 Å². The molecule has 3 aromatic rings. The van der Waals surface area contributed by atoms with Crippen LogP contribution in [0.2, 0.25) is 0 Å². The Bertz CT molecular complexity index is 974. The molecule has 0 bridgehead atoms. The molecule has 2 aromatic carbocycles. The fourth-order valence-electron chi connectivity index (χ4n) is 3.34. The first-order chi connectivity index (χ1) is 12.7. The Balaban J connectivity index is 1.94. The van der Waals surface area contributed by atoms with Gasteiger partial charge in [0.15, 0.2) is 5.82 Å². The summed E-state index contributed by atoms with van der Waals surface area (Å²) in [6.07, 6.45) is 0. The first-order valence-corrected chi connectivity index (χ1v) is 8.18. The molecule has 0 saturated carbocycles. The lowest BCUT2D eigenvalue weighted by molar-refractivity contribution is 0.0959. The Kier molecular flexibility index (Phi) is 3.84. The third-order valence-corrected chi connectivity index (χ3v) is 4.53. The van der Waals surface area contributed by atoms with Gasteiger partial charge in [-0.15, -0.1) is 10.2 Å². The van der Waals surface area contributed by atoms with Crippen LogP contribution in [0, 0.1) is 6.92 Å². The largest absolute Gasteiger partial charge is 0.494 e. The number of methoxy groups -OCH3 is 2. The molecule has 1 aliphatic heterocycles. The van der Waals surface area contributed by atoms with Gasteiger partial charge in [0.05, 0.1) is 14.2 Å². The molecule has 1 aliphatic rings. The number of nitrogens with zero attached hydrogens (tertiary/aromatic N) is 3. The summed E-state index contributed by atoms with van der Waals surface area (Å²) < 4.78 is 12.9. The second-order valence-corrected chi connectivity index (χ2v) is 5.95. The summed E-state index contributed by atoms with van der Waals surface area (Å²) in [5.41, 5.74) is 2.23. The van der Waals surface area contributed by atoms with Crippen LogP contribution in [-0.4, -0.2) is 34.9 Å². The molecular formula is C19H18N4O3. The van der Waals surface area contributed by atoms with E-state index in [-0.39, 0.29) is 5.91 Å². The molecule has 0 radical (unpaired) electrons. The van der Waals surface area contributed by atoms with Crippen LogP contribution >= 0.6 is 0 Å². The zero-order valence-corrected chi connectivity index (χ0v) is 14.7. The first-order valence-electron chi connectivity index (χ1n) is 8.18. The molecule has 1 aromatic heterocycles. The maximum Gasteiger partial charge on any atom is 0.252 e. The molecule has 26 heavy (non-hydrogen) atoms. The van der Waals surface area contributed by atoms with Crippen molar-refractivity contribution in [2.24, 2.45) is 0 Å². The lowest BCUT2D eigenvalue weighted by Gasteiger charge is -2.19. The van der Waals surface area contributed by atoms with E-state index in [2.05, 4.69) is 15.5 Å². The van der Waals surface area contributed by atoms with E-state index < -0.39 is 6.04 Å². The van der Waals surface area contributed by atoms with Gasteiger partial charge in [0, 0.05) is 5.56 Å². The number of amides is 1. The zero-order valence-electron chi connectivity index (χ0n) is 14.7. The summed E-state index contributed by atoms with van der Waals surface area (Å²) in [6.45, 7) is 1.85. The Hall–Kier alpha value is -3.35. The molecule has 0 spiro atoms. The van der Waals surface area contributed by atoms with Gasteiger partial charge in [0.2, 0.25) is 0 Å². The maximum absolute atomic E-state index is 12.3. The molecule has 0 saturated heterocycles. The van der Waals surface area contributed by atoms with Crippen molar-refractivity contribution >= 4 is 5.91 Å². The molecule has 1 atom stereocenters. The fraction of sp³-hybridized carbons (Fsp3) is 0.211. The molecule has 7 nitrogen and oxygen atoms in total. The van der Waals surface area contributed by atoms with Crippen molar-refractivity contribution in [3.63, 3.8) is 0 Å². The van der Waals surface area contributed by atoms with E-state index >= 15 is 0 Å². The van der Waals surface area contributed by atoms with E-state index in [0.717, 1.165) is 5.56 Å². The average molecular weight is 350 g/mol. The highest BCUT2D eigenvalue weighted by atomic mass is 16.5. The van der Waals surface area contributed by atoms with Gasteiger partial charge in [-0.3, -0.25) is 9.36 Å². The molecule has 1 N–H and O–H groups in total. The summed E-state index contributed by atoms with van der Waals surface area (Å²) in [5.74, 6) is 2.41. The normalized spacial score (nSPS) is 15.5. The van der Waals surface area contributed by atoms with Gasteiger partial charge in [-0.1, -0.05) is 24.3 Å². The van der Waals surface area contributed by atoms with Crippen molar-refractivity contribution in [1.82, 2.24) is 20.1 Å². The molecular weight excluding hydrogens is 332 g/mol. The highest BCUT2D eigenvalue weighted by Crippen LogP contribution is 2.37. The number of nitrogens with one attached hydrogen (secondary N) is 1. The number of carbonyl (C=O) groups excluding carboxylic acids is 1. The number of carbonyl (C=O) groups is 1. The molecule has 132 valence electrons. The minimum Gasteiger partial charge on any atom is -0.494 e. The van der Waals surface area contributed by atoms with Gasteiger partial charge in [0.25, 0.3) is 5.91 Å². The molecule has 7 heteroatoms. The van der Waals surface area contributed by atoms with Crippen LogP contribution in [0.5, 0.6) is 11.5 Å². The zero-order chi connectivity index (χ0) is 18.3. The maximum atomic E-state index is 12.3. The van der Waals surface area contributed by atoms with Gasteiger partial charge < -0.3 is 14.8 Å². The highest BCUT2D eigenvalue weighted by Gasteiger charge is 2.34. The Labute approximate surface area is 150 Å². The van der Waals surface area contributed by atoms with Crippen LogP contribution in [0.25, 0.3) is 5.69 Å². The standard InChI is InChI=1S/C19H18N4O3/c1-11-21-22-18(16-12-7-4-5-8-13(12)19(24)20-16)23(11)17-14(25-2)9-6-10-15(17)26-3/h4-10,16H,1-3H3,(H,20,24)/t16-/m1/s1. The van der Waals surface area contributed by atoms with E-state index in [1.807, 2.05) is 54.0 Å². The van der Waals surface area contributed by atoms with Crippen LogP contribution in [-0.2, 0) is 0 Å². The van der Waals surface area contributed by atoms with Gasteiger partial charge in [0.1, 0.15) is 29.1 Å². The Morgan fingerprint density at radius 3 is 2.38 bits per heavy atom. The van der Waals surface area contributed by atoms with Crippen molar-refractivity contribution in [3.05, 3.63) is 65.2 Å². The molecule has 0 unspecified atom stereocenters. The van der Waals surface area contributed by atoms with E-state index in [9.17, 15) is 4.79 Å². The predicted octanol–water partition coefficient (Wildman–Crippen LogP) is 2.43. The fourth-order valence-corrected chi connectivity index (χ4v) is 3.34. The quantitative estimate of drug-likeness (QED) is 0.782. The second-order valence-electron chi connectivity index (χ2n) is 5.95. The monoisotopic (exact) mass is 350 g/mol. The number of para-hydroxylation sites is 1. The van der Waals surface area contributed by atoms with Gasteiger partial charge in [-0.2, -0.15) is 0 Å². The van der Waals surface area contributed by atoms with Crippen molar-refractivity contribution in [2.45, 2.75) is 13.0 Å². The van der Waals surface area contributed by atoms with Crippen molar-refractivity contribution < 1.29 is 14.3 Å². The lowest BCUT2D eigenvalue weighted by atomic mass is 10.0. The molecule has 0 aliphatic carbocycles. The summed E-state index contributed by atoms with van der Waals surface area (Å²) in [4.78, 5) is 12.3. The number of hydrogen-bond donors (Lipinski definition) is 1. The molecule has 0 fully saturated rings. The van der Waals surface area contributed by atoms with Crippen LogP contribution < -0.4 is 14.8 Å². The van der Waals surface area contributed by atoms with Crippen LogP contribution in [0.3, 0.4) is 0 Å².